The molecule has 2 atom stereocenters. The van der Waals surface area contributed by atoms with Crippen molar-refractivity contribution >= 4 is 11.6 Å². The molecule has 0 radical (unpaired) electrons. The summed E-state index contributed by atoms with van der Waals surface area (Å²) >= 11 is 0. The van der Waals surface area contributed by atoms with Crippen molar-refractivity contribution < 1.29 is 4.79 Å². The second-order valence-electron chi connectivity index (χ2n) is 5.37. The summed E-state index contributed by atoms with van der Waals surface area (Å²) in [4.78, 5) is 14.0. The Morgan fingerprint density at radius 2 is 2.21 bits per heavy atom. The van der Waals surface area contributed by atoms with E-state index in [0.29, 0.717) is 12.5 Å². The van der Waals surface area contributed by atoms with E-state index in [2.05, 4.69) is 17.4 Å². The topological polar surface area (TPSA) is 58.4 Å². The van der Waals surface area contributed by atoms with Crippen LogP contribution in [0.5, 0.6) is 0 Å². The summed E-state index contributed by atoms with van der Waals surface area (Å²) in [6.07, 6.45) is 2.60. The van der Waals surface area contributed by atoms with Crippen molar-refractivity contribution in [3.63, 3.8) is 0 Å². The number of anilines is 1. The third-order valence-corrected chi connectivity index (χ3v) is 3.42. The summed E-state index contributed by atoms with van der Waals surface area (Å²) < 4.78 is 0. The van der Waals surface area contributed by atoms with Crippen LogP contribution in [0, 0.1) is 0 Å². The average molecular weight is 261 g/mol. The van der Waals surface area contributed by atoms with Crippen LogP contribution >= 0.6 is 0 Å². The number of hydrogen-bond acceptors (Lipinski definition) is 3. The monoisotopic (exact) mass is 261 g/mol. The van der Waals surface area contributed by atoms with E-state index in [1.165, 1.54) is 0 Å². The highest BCUT2D eigenvalue weighted by molar-refractivity contribution is 5.77. The first kappa shape index (κ1) is 13.9. The van der Waals surface area contributed by atoms with Gasteiger partial charge in [-0.05, 0) is 31.9 Å². The van der Waals surface area contributed by atoms with Gasteiger partial charge in [0.2, 0.25) is 5.91 Å². The summed E-state index contributed by atoms with van der Waals surface area (Å²) in [5, 5.41) is 3.49. The molecule has 1 aliphatic rings. The van der Waals surface area contributed by atoms with Gasteiger partial charge in [-0.3, -0.25) is 4.79 Å². The Labute approximate surface area is 115 Å². The zero-order chi connectivity index (χ0) is 13.7. The van der Waals surface area contributed by atoms with E-state index in [-0.39, 0.29) is 11.9 Å². The van der Waals surface area contributed by atoms with Gasteiger partial charge in [0.1, 0.15) is 0 Å². The predicted molar refractivity (Wildman–Crippen MR) is 77.9 cm³/mol. The first-order valence-electron chi connectivity index (χ1n) is 7.00. The zero-order valence-electron chi connectivity index (χ0n) is 11.5. The van der Waals surface area contributed by atoms with Crippen molar-refractivity contribution in [1.29, 1.82) is 0 Å². The van der Waals surface area contributed by atoms with E-state index in [9.17, 15) is 4.79 Å². The lowest BCUT2D eigenvalue weighted by molar-refractivity contribution is -0.132. The highest BCUT2D eigenvalue weighted by atomic mass is 16.2. The minimum atomic E-state index is -0.0602. The molecular formula is C15H23N3O. The van der Waals surface area contributed by atoms with Gasteiger partial charge in [0.05, 0.1) is 0 Å². The smallest absolute Gasteiger partial charge is 0.224 e. The van der Waals surface area contributed by atoms with Crippen LogP contribution in [0.1, 0.15) is 26.2 Å². The number of likely N-dealkylation sites (tertiary alicyclic amines) is 1. The van der Waals surface area contributed by atoms with Crippen molar-refractivity contribution in [2.24, 2.45) is 5.73 Å². The molecular weight excluding hydrogens is 238 g/mol. The van der Waals surface area contributed by atoms with E-state index < -0.39 is 0 Å². The molecule has 2 unspecified atom stereocenters. The second kappa shape index (κ2) is 6.57. The predicted octanol–water partition coefficient (Wildman–Crippen LogP) is 1.83. The summed E-state index contributed by atoms with van der Waals surface area (Å²) in [7, 11) is 0. The van der Waals surface area contributed by atoms with Crippen molar-refractivity contribution in [1.82, 2.24) is 4.90 Å². The SMILES string of the molecule is CC(N)CC(=O)N1CCCC(Nc2ccccc2)C1. The third-order valence-electron chi connectivity index (χ3n) is 3.42. The quantitative estimate of drug-likeness (QED) is 0.869. The fourth-order valence-electron chi connectivity index (χ4n) is 2.50. The van der Waals surface area contributed by atoms with E-state index in [1.807, 2.05) is 30.0 Å². The molecule has 0 spiro atoms. The Morgan fingerprint density at radius 3 is 2.89 bits per heavy atom. The first-order chi connectivity index (χ1) is 9.15. The van der Waals surface area contributed by atoms with Crippen LogP contribution in [0.15, 0.2) is 30.3 Å². The van der Waals surface area contributed by atoms with Crippen LogP contribution in [0.25, 0.3) is 0 Å². The van der Waals surface area contributed by atoms with Crippen LogP contribution in [-0.2, 0) is 4.79 Å². The standard InChI is InChI=1S/C15H23N3O/c1-12(16)10-15(19)18-9-5-8-14(11-18)17-13-6-3-2-4-7-13/h2-4,6-7,12,14,17H,5,8-11,16H2,1H3. The molecule has 1 saturated heterocycles. The summed E-state index contributed by atoms with van der Waals surface area (Å²) in [6, 6.07) is 10.4. The zero-order valence-corrected chi connectivity index (χ0v) is 11.5. The molecule has 0 aromatic heterocycles. The number of benzene rings is 1. The van der Waals surface area contributed by atoms with Crippen molar-refractivity contribution in [3.05, 3.63) is 30.3 Å². The van der Waals surface area contributed by atoms with Gasteiger partial charge in [0, 0.05) is 37.3 Å². The Kier molecular flexibility index (Phi) is 4.80. The number of piperidine rings is 1. The highest BCUT2D eigenvalue weighted by Gasteiger charge is 2.23. The molecule has 104 valence electrons. The lowest BCUT2D eigenvalue weighted by Crippen LogP contribution is -2.46. The van der Waals surface area contributed by atoms with E-state index in [4.69, 9.17) is 5.73 Å². The Hall–Kier alpha value is -1.55. The Balaban J connectivity index is 1.88. The molecule has 1 heterocycles. The van der Waals surface area contributed by atoms with Gasteiger partial charge in [-0.25, -0.2) is 0 Å². The molecule has 1 fully saturated rings. The van der Waals surface area contributed by atoms with Crippen molar-refractivity contribution in [2.45, 2.75) is 38.3 Å². The molecule has 2 rings (SSSR count). The number of para-hydroxylation sites is 1. The molecule has 1 aromatic rings. The maximum Gasteiger partial charge on any atom is 0.224 e. The van der Waals surface area contributed by atoms with Crippen LogP contribution in [-0.4, -0.2) is 36.0 Å². The number of nitrogens with two attached hydrogens (primary N) is 1. The summed E-state index contributed by atoms with van der Waals surface area (Å²) in [5.74, 6) is 0.176. The first-order valence-corrected chi connectivity index (χ1v) is 7.00. The van der Waals surface area contributed by atoms with Gasteiger partial charge in [0.15, 0.2) is 0 Å². The highest BCUT2D eigenvalue weighted by Crippen LogP contribution is 2.16. The van der Waals surface area contributed by atoms with Crippen LogP contribution in [0.3, 0.4) is 0 Å². The Bertz CT molecular complexity index is 405. The third kappa shape index (κ3) is 4.24. The largest absolute Gasteiger partial charge is 0.381 e. The minimum Gasteiger partial charge on any atom is -0.381 e. The lowest BCUT2D eigenvalue weighted by Gasteiger charge is -2.34. The minimum absolute atomic E-state index is 0.0602. The normalized spacial score (nSPS) is 20.9. The lowest BCUT2D eigenvalue weighted by atomic mass is 10.0. The molecule has 1 aliphatic heterocycles. The van der Waals surface area contributed by atoms with Gasteiger partial charge >= 0.3 is 0 Å². The molecule has 4 nitrogen and oxygen atoms in total. The maximum atomic E-state index is 12.0. The molecule has 1 amide bonds. The average Bonchev–Trinajstić information content (AvgIpc) is 2.39. The second-order valence-corrected chi connectivity index (χ2v) is 5.37. The molecule has 0 aliphatic carbocycles. The van der Waals surface area contributed by atoms with Crippen molar-refractivity contribution in [3.8, 4) is 0 Å². The summed E-state index contributed by atoms with van der Waals surface area (Å²) in [5.41, 5.74) is 6.81. The Morgan fingerprint density at radius 1 is 1.47 bits per heavy atom. The number of rotatable bonds is 4. The number of amides is 1. The van der Waals surface area contributed by atoms with Gasteiger partial charge in [-0.15, -0.1) is 0 Å². The van der Waals surface area contributed by atoms with Crippen molar-refractivity contribution in [2.75, 3.05) is 18.4 Å². The van der Waals surface area contributed by atoms with Crippen LogP contribution in [0.4, 0.5) is 5.69 Å². The van der Waals surface area contributed by atoms with Crippen LogP contribution < -0.4 is 11.1 Å². The summed E-state index contributed by atoms with van der Waals surface area (Å²) in [6.45, 7) is 3.51. The molecule has 3 N–H and O–H groups in total. The number of nitrogens with zero attached hydrogens (tertiary/aromatic N) is 1. The number of hydrogen-bond donors (Lipinski definition) is 2. The number of nitrogens with one attached hydrogen (secondary N) is 1. The molecule has 4 heteroatoms. The molecule has 19 heavy (non-hydrogen) atoms. The fraction of sp³-hybridized carbons (Fsp3) is 0.533. The molecule has 0 bridgehead atoms. The maximum absolute atomic E-state index is 12.0. The van der Waals surface area contributed by atoms with E-state index in [1.54, 1.807) is 0 Å². The van der Waals surface area contributed by atoms with Gasteiger partial charge in [-0.2, -0.15) is 0 Å². The van der Waals surface area contributed by atoms with Crippen LogP contribution in [0.2, 0.25) is 0 Å². The number of carbonyl (C=O) groups excluding carboxylic acids is 1. The molecule has 1 aromatic carbocycles. The van der Waals surface area contributed by atoms with Gasteiger partial charge in [0.25, 0.3) is 0 Å². The fourth-order valence-corrected chi connectivity index (χ4v) is 2.50. The molecule has 0 saturated carbocycles. The van der Waals surface area contributed by atoms with E-state index in [0.717, 1.165) is 31.6 Å². The van der Waals surface area contributed by atoms with Gasteiger partial charge < -0.3 is 16.0 Å². The number of carbonyl (C=O) groups is 1. The van der Waals surface area contributed by atoms with E-state index >= 15 is 0 Å². The van der Waals surface area contributed by atoms with Gasteiger partial charge in [-0.1, -0.05) is 18.2 Å².